The van der Waals surface area contributed by atoms with Crippen molar-refractivity contribution in [3.8, 4) is 0 Å². The Labute approximate surface area is 216 Å². The Balaban J connectivity index is 2.07. The van der Waals surface area contributed by atoms with Gasteiger partial charge < -0.3 is 9.80 Å². The van der Waals surface area contributed by atoms with Crippen LogP contribution in [0.2, 0.25) is 0 Å². The first-order chi connectivity index (χ1) is 16.8. The van der Waals surface area contributed by atoms with Crippen LogP contribution in [0.1, 0.15) is 175 Å². The smallest absolute Gasteiger partial charge is 0.101 e. The number of unbranched alkanes of at least 4 members (excludes halogenated alkanes) is 20. The van der Waals surface area contributed by atoms with E-state index in [1.54, 1.807) is 0 Å². The van der Waals surface area contributed by atoms with Gasteiger partial charge in [-0.3, -0.25) is 0 Å². The highest BCUT2D eigenvalue weighted by atomic mass is 15.4. The van der Waals surface area contributed by atoms with Crippen LogP contribution in [0.15, 0.2) is 12.4 Å². The summed E-state index contributed by atoms with van der Waals surface area (Å²) in [7, 11) is 0. The van der Waals surface area contributed by atoms with Gasteiger partial charge in [-0.05, 0) is 25.7 Å². The molecular weight excluding hydrogens is 412 g/mol. The van der Waals surface area contributed by atoms with Crippen molar-refractivity contribution in [2.75, 3.05) is 13.1 Å². The predicted octanol–water partition coefficient (Wildman–Crippen LogP) is 10.8. The summed E-state index contributed by atoms with van der Waals surface area (Å²) in [5, 5.41) is 0. The fourth-order valence-electron chi connectivity index (χ4n) is 5.48. The van der Waals surface area contributed by atoms with Crippen LogP contribution in [-0.4, -0.2) is 29.1 Å². The number of nitrogens with zero attached hydrogens (tertiary/aromatic N) is 2. The third-order valence-electron chi connectivity index (χ3n) is 7.82. The van der Waals surface area contributed by atoms with Gasteiger partial charge in [-0.25, -0.2) is 0 Å². The van der Waals surface area contributed by atoms with Crippen LogP contribution in [0.3, 0.4) is 0 Å². The summed E-state index contributed by atoms with van der Waals surface area (Å²) in [6, 6.07) is 0. The Morgan fingerprint density at radius 2 is 0.676 bits per heavy atom. The van der Waals surface area contributed by atoms with Crippen LogP contribution >= 0.6 is 0 Å². The minimum atomic E-state index is 0.644. The maximum absolute atomic E-state index is 2.67. The lowest BCUT2D eigenvalue weighted by molar-refractivity contribution is 0.135. The summed E-state index contributed by atoms with van der Waals surface area (Å²) in [4.78, 5) is 5.33. The minimum absolute atomic E-state index is 0.644. The van der Waals surface area contributed by atoms with Gasteiger partial charge in [0.15, 0.2) is 0 Å². The molecule has 0 aromatic carbocycles. The van der Waals surface area contributed by atoms with Crippen molar-refractivity contribution in [2.24, 2.45) is 0 Å². The second-order valence-corrected chi connectivity index (χ2v) is 11.1. The van der Waals surface area contributed by atoms with Gasteiger partial charge >= 0.3 is 0 Å². The van der Waals surface area contributed by atoms with Crippen molar-refractivity contribution in [1.29, 1.82) is 0 Å². The molecule has 0 aromatic rings. The van der Waals surface area contributed by atoms with Gasteiger partial charge in [-0.15, -0.1) is 0 Å². The van der Waals surface area contributed by atoms with Gasteiger partial charge in [0.1, 0.15) is 6.17 Å². The first-order valence-electron chi connectivity index (χ1n) is 16.0. The predicted molar refractivity (Wildman–Crippen MR) is 154 cm³/mol. The third kappa shape index (κ3) is 16.9. The SMILES string of the molecule is CCCCCCCCCCCCCCCCCC1N(CCCCC)C=CN1CCCCCCC. The molecule has 1 unspecified atom stereocenters. The lowest BCUT2D eigenvalue weighted by atomic mass is 10.0. The van der Waals surface area contributed by atoms with Gasteiger partial charge in [0.25, 0.3) is 0 Å². The van der Waals surface area contributed by atoms with Crippen LogP contribution in [0, 0.1) is 0 Å². The highest BCUT2D eigenvalue weighted by Crippen LogP contribution is 2.23. The monoisotopic (exact) mass is 477 g/mol. The van der Waals surface area contributed by atoms with Crippen LogP contribution in [0.4, 0.5) is 0 Å². The van der Waals surface area contributed by atoms with E-state index in [0.717, 1.165) is 0 Å². The quantitative estimate of drug-likeness (QED) is 0.114. The lowest BCUT2D eigenvalue weighted by Crippen LogP contribution is -2.39. The molecule has 2 heteroatoms. The zero-order valence-electron chi connectivity index (χ0n) is 24.0. The van der Waals surface area contributed by atoms with E-state index in [1.807, 2.05) is 0 Å². The Kier molecular flexibility index (Phi) is 22.2. The molecule has 1 atom stereocenters. The average Bonchev–Trinajstić information content (AvgIpc) is 3.23. The first-order valence-corrected chi connectivity index (χ1v) is 16.0. The third-order valence-corrected chi connectivity index (χ3v) is 7.82. The summed E-state index contributed by atoms with van der Waals surface area (Å²) in [5.74, 6) is 0. The number of hydrogen-bond acceptors (Lipinski definition) is 2. The second kappa shape index (κ2) is 24.1. The fourth-order valence-corrected chi connectivity index (χ4v) is 5.48. The second-order valence-electron chi connectivity index (χ2n) is 11.1. The first kappa shape index (κ1) is 31.4. The maximum Gasteiger partial charge on any atom is 0.101 e. The zero-order valence-corrected chi connectivity index (χ0v) is 24.0. The molecule has 1 heterocycles. The van der Waals surface area contributed by atoms with E-state index >= 15 is 0 Å². The van der Waals surface area contributed by atoms with Gasteiger partial charge in [0.2, 0.25) is 0 Å². The summed E-state index contributed by atoms with van der Waals surface area (Å²) < 4.78 is 0. The van der Waals surface area contributed by atoms with Crippen molar-refractivity contribution in [3.63, 3.8) is 0 Å². The zero-order chi connectivity index (χ0) is 24.5. The van der Waals surface area contributed by atoms with Crippen LogP contribution in [0.25, 0.3) is 0 Å². The molecule has 0 aromatic heterocycles. The fraction of sp³-hybridized carbons (Fsp3) is 0.938. The molecule has 1 aliphatic rings. The Bertz CT molecular complexity index is 433. The average molecular weight is 477 g/mol. The molecule has 2 nitrogen and oxygen atoms in total. The molecule has 0 amide bonds. The number of rotatable bonds is 26. The highest BCUT2D eigenvalue weighted by Gasteiger charge is 2.24. The van der Waals surface area contributed by atoms with E-state index < -0.39 is 0 Å². The van der Waals surface area contributed by atoms with Gasteiger partial charge in [-0.2, -0.15) is 0 Å². The topological polar surface area (TPSA) is 6.48 Å². The van der Waals surface area contributed by atoms with E-state index in [-0.39, 0.29) is 0 Å². The summed E-state index contributed by atoms with van der Waals surface area (Å²) in [6.07, 6.45) is 39.6. The largest absolute Gasteiger partial charge is 0.356 e. The summed E-state index contributed by atoms with van der Waals surface area (Å²) in [6.45, 7) is 9.44. The molecule has 34 heavy (non-hydrogen) atoms. The van der Waals surface area contributed by atoms with Crippen molar-refractivity contribution >= 4 is 0 Å². The van der Waals surface area contributed by atoms with Crippen molar-refractivity contribution in [3.05, 3.63) is 12.4 Å². The van der Waals surface area contributed by atoms with Crippen molar-refractivity contribution in [1.82, 2.24) is 9.80 Å². The molecule has 0 saturated carbocycles. The minimum Gasteiger partial charge on any atom is -0.356 e. The van der Waals surface area contributed by atoms with Crippen molar-refractivity contribution in [2.45, 2.75) is 181 Å². The Morgan fingerprint density at radius 3 is 1.09 bits per heavy atom. The van der Waals surface area contributed by atoms with E-state index in [4.69, 9.17) is 0 Å². The van der Waals surface area contributed by atoms with Crippen LogP contribution in [-0.2, 0) is 0 Å². The normalized spacial score (nSPS) is 15.7. The molecule has 0 saturated heterocycles. The van der Waals surface area contributed by atoms with Crippen molar-refractivity contribution < 1.29 is 0 Å². The lowest BCUT2D eigenvalue weighted by Gasteiger charge is -2.33. The Morgan fingerprint density at radius 1 is 0.382 bits per heavy atom. The summed E-state index contributed by atoms with van der Waals surface area (Å²) in [5.41, 5.74) is 0. The van der Waals surface area contributed by atoms with Gasteiger partial charge in [0.05, 0.1) is 0 Å². The molecule has 0 aliphatic carbocycles. The molecule has 0 N–H and O–H groups in total. The molecule has 1 aliphatic heterocycles. The molecule has 202 valence electrons. The Hall–Kier alpha value is -0.660. The van der Waals surface area contributed by atoms with E-state index in [2.05, 4.69) is 43.0 Å². The van der Waals surface area contributed by atoms with E-state index in [0.29, 0.717) is 6.17 Å². The number of hydrogen-bond donors (Lipinski definition) is 0. The maximum atomic E-state index is 2.67. The molecule has 0 bridgehead atoms. The molecule has 0 radical (unpaired) electrons. The summed E-state index contributed by atoms with van der Waals surface area (Å²) >= 11 is 0. The molecular formula is C32H64N2. The highest BCUT2D eigenvalue weighted by molar-refractivity contribution is 4.96. The van der Waals surface area contributed by atoms with Crippen LogP contribution < -0.4 is 0 Å². The standard InChI is InChI=1S/C32H64N2/c1-4-7-10-12-13-14-15-16-17-18-19-20-21-22-24-27-32-33(28-25-9-6-3)30-31-34(32)29-26-23-11-8-5-2/h30-32H,4-29H2,1-3H3. The van der Waals surface area contributed by atoms with Gasteiger partial charge in [0, 0.05) is 25.5 Å². The van der Waals surface area contributed by atoms with E-state index in [1.165, 1.54) is 167 Å². The van der Waals surface area contributed by atoms with Gasteiger partial charge in [-0.1, -0.05) is 149 Å². The van der Waals surface area contributed by atoms with Crippen LogP contribution in [0.5, 0.6) is 0 Å². The molecule has 0 spiro atoms. The van der Waals surface area contributed by atoms with E-state index in [9.17, 15) is 0 Å². The molecule has 1 rings (SSSR count). The molecule has 0 fully saturated rings.